The molecule has 2 aromatic rings. The third-order valence-electron chi connectivity index (χ3n) is 4.43. The van der Waals surface area contributed by atoms with Gasteiger partial charge >= 0.3 is 6.03 Å². The highest BCUT2D eigenvalue weighted by atomic mass is 16.2. The molecule has 120 valence electrons. The third-order valence-corrected chi connectivity index (χ3v) is 4.43. The third kappa shape index (κ3) is 4.09. The number of hydrogen-bond donors (Lipinski definition) is 2. The molecule has 1 aliphatic rings. The van der Waals surface area contributed by atoms with Crippen LogP contribution in [0.15, 0.2) is 47.6 Å². The average molecular weight is 309 g/mol. The van der Waals surface area contributed by atoms with Crippen molar-refractivity contribution >= 4 is 22.5 Å². The number of fused-ring (bicyclic) bond motifs is 1. The fourth-order valence-corrected chi connectivity index (χ4v) is 3.08. The van der Waals surface area contributed by atoms with Gasteiger partial charge in [-0.3, -0.25) is 0 Å². The molecule has 4 heteroatoms. The van der Waals surface area contributed by atoms with E-state index in [0.29, 0.717) is 6.04 Å². The summed E-state index contributed by atoms with van der Waals surface area (Å²) in [6.07, 6.45) is 5.81. The van der Waals surface area contributed by atoms with Crippen LogP contribution in [0.1, 0.15) is 44.6 Å². The molecule has 0 bridgehead atoms. The molecule has 3 rings (SSSR count). The van der Waals surface area contributed by atoms with Crippen LogP contribution in [0.2, 0.25) is 0 Å². The highest BCUT2D eigenvalue weighted by Crippen LogP contribution is 2.17. The fraction of sp³-hybridized carbons (Fsp3) is 0.368. The normalized spacial score (nSPS) is 16.3. The molecular formula is C19H23N3O. The maximum Gasteiger partial charge on any atom is 0.335 e. The first-order chi connectivity index (χ1) is 11.2. The number of urea groups is 1. The van der Waals surface area contributed by atoms with Crippen LogP contribution in [0.25, 0.3) is 10.8 Å². The second kappa shape index (κ2) is 7.27. The van der Waals surface area contributed by atoms with Crippen molar-refractivity contribution in [3.05, 3.63) is 48.0 Å². The molecule has 0 atom stereocenters. The maximum absolute atomic E-state index is 11.9. The molecule has 4 nitrogen and oxygen atoms in total. The summed E-state index contributed by atoms with van der Waals surface area (Å²) < 4.78 is 0. The quantitative estimate of drug-likeness (QED) is 0.648. The number of hydrogen-bond acceptors (Lipinski definition) is 2. The van der Waals surface area contributed by atoms with Gasteiger partial charge in [-0.1, -0.05) is 55.7 Å². The van der Waals surface area contributed by atoms with Crippen LogP contribution >= 0.6 is 0 Å². The number of rotatable bonds is 3. The summed E-state index contributed by atoms with van der Waals surface area (Å²) in [5, 5.41) is 9.59. The van der Waals surface area contributed by atoms with Gasteiger partial charge < -0.3 is 5.32 Å². The number of hydrazone groups is 1. The summed E-state index contributed by atoms with van der Waals surface area (Å²) in [7, 11) is 0. The monoisotopic (exact) mass is 309 g/mol. The van der Waals surface area contributed by atoms with Gasteiger partial charge in [-0.25, -0.2) is 10.2 Å². The van der Waals surface area contributed by atoms with Crippen LogP contribution < -0.4 is 10.7 Å². The molecule has 0 heterocycles. The van der Waals surface area contributed by atoms with Crippen molar-refractivity contribution in [3.63, 3.8) is 0 Å². The predicted octanol–water partition coefficient (Wildman–Crippen LogP) is 4.20. The Morgan fingerprint density at radius 2 is 1.78 bits per heavy atom. The number of nitrogens with one attached hydrogen (secondary N) is 2. The second-order valence-electron chi connectivity index (χ2n) is 6.18. The van der Waals surface area contributed by atoms with Crippen molar-refractivity contribution in [3.8, 4) is 0 Å². The van der Waals surface area contributed by atoms with Crippen LogP contribution in [0.3, 0.4) is 0 Å². The molecule has 0 unspecified atom stereocenters. The van der Waals surface area contributed by atoms with E-state index in [1.165, 1.54) is 30.0 Å². The number of benzene rings is 2. The topological polar surface area (TPSA) is 53.5 Å². The summed E-state index contributed by atoms with van der Waals surface area (Å²) in [6.45, 7) is 1.91. The first-order valence-electron chi connectivity index (χ1n) is 8.32. The minimum Gasteiger partial charge on any atom is -0.334 e. The SMILES string of the molecule is C/C(=N/NC(=O)NC1CCCCC1)c1ccc2ccccc2c1. The van der Waals surface area contributed by atoms with Crippen molar-refractivity contribution in [2.45, 2.75) is 45.1 Å². The van der Waals surface area contributed by atoms with Crippen LogP contribution in [0, 0.1) is 0 Å². The maximum atomic E-state index is 11.9. The van der Waals surface area contributed by atoms with Gasteiger partial charge in [0.1, 0.15) is 0 Å². The van der Waals surface area contributed by atoms with Crippen molar-refractivity contribution in [2.24, 2.45) is 5.10 Å². The number of nitrogens with zero attached hydrogens (tertiary/aromatic N) is 1. The molecular weight excluding hydrogens is 286 g/mol. The molecule has 1 aliphatic carbocycles. The molecule has 0 saturated heterocycles. The Labute approximate surface area is 137 Å². The average Bonchev–Trinajstić information content (AvgIpc) is 2.60. The summed E-state index contributed by atoms with van der Waals surface area (Å²) in [4.78, 5) is 11.9. The molecule has 23 heavy (non-hydrogen) atoms. The Hall–Kier alpha value is -2.36. The smallest absolute Gasteiger partial charge is 0.334 e. The van der Waals surface area contributed by atoms with Crippen molar-refractivity contribution < 1.29 is 4.79 Å². The van der Waals surface area contributed by atoms with E-state index in [0.717, 1.165) is 24.1 Å². The summed E-state index contributed by atoms with van der Waals surface area (Å²) in [5.74, 6) is 0. The van der Waals surface area contributed by atoms with Gasteiger partial charge in [0.2, 0.25) is 0 Å². The zero-order valence-corrected chi connectivity index (χ0v) is 13.5. The Bertz CT molecular complexity index is 717. The molecule has 2 amide bonds. The number of amides is 2. The van der Waals surface area contributed by atoms with Crippen LogP contribution in [0.5, 0.6) is 0 Å². The summed E-state index contributed by atoms with van der Waals surface area (Å²) >= 11 is 0. The molecule has 1 fully saturated rings. The van der Waals surface area contributed by atoms with Gasteiger partial charge in [-0.05, 0) is 42.2 Å². The van der Waals surface area contributed by atoms with E-state index in [1.54, 1.807) is 0 Å². The minimum atomic E-state index is -0.211. The van der Waals surface area contributed by atoms with Crippen molar-refractivity contribution in [1.29, 1.82) is 0 Å². The second-order valence-corrected chi connectivity index (χ2v) is 6.18. The van der Waals surface area contributed by atoms with E-state index in [1.807, 2.05) is 25.1 Å². The van der Waals surface area contributed by atoms with Gasteiger partial charge in [0.25, 0.3) is 0 Å². The number of carbonyl (C=O) groups excluding carboxylic acids is 1. The van der Waals surface area contributed by atoms with Gasteiger partial charge in [-0.15, -0.1) is 0 Å². The Morgan fingerprint density at radius 3 is 2.57 bits per heavy atom. The van der Waals surface area contributed by atoms with Gasteiger partial charge in [0, 0.05) is 6.04 Å². The highest BCUT2D eigenvalue weighted by Gasteiger charge is 2.15. The molecule has 0 aliphatic heterocycles. The lowest BCUT2D eigenvalue weighted by Crippen LogP contribution is -2.41. The molecule has 2 aromatic carbocycles. The first-order valence-corrected chi connectivity index (χ1v) is 8.32. The molecule has 0 radical (unpaired) electrons. The van der Waals surface area contributed by atoms with E-state index >= 15 is 0 Å². The molecule has 1 saturated carbocycles. The number of carbonyl (C=O) groups is 1. The van der Waals surface area contributed by atoms with Crippen LogP contribution in [0.4, 0.5) is 4.79 Å². The van der Waals surface area contributed by atoms with Crippen molar-refractivity contribution in [1.82, 2.24) is 10.7 Å². The van der Waals surface area contributed by atoms with Crippen LogP contribution in [-0.2, 0) is 0 Å². The van der Waals surface area contributed by atoms with Gasteiger partial charge in [-0.2, -0.15) is 5.10 Å². The largest absolute Gasteiger partial charge is 0.335 e. The van der Waals surface area contributed by atoms with Crippen molar-refractivity contribution in [2.75, 3.05) is 0 Å². The zero-order chi connectivity index (χ0) is 16.1. The summed E-state index contributed by atoms with van der Waals surface area (Å²) in [5.41, 5.74) is 4.43. The predicted molar refractivity (Wildman–Crippen MR) is 94.7 cm³/mol. The molecule has 2 N–H and O–H groups in total. The molecule has 0 aromatic heterocycles. The standard InChI is InChI=1S/C19H23N3O/c1-14(16-12-11-15-7-5-6-8-17(15)13-16)21-22-19(23)20-18-9-3-2-4-10-18/h5-8,11-13,18H,2-4,9-10H2,1H3,(H2,20,22,23)/b21-14-. The Kier molecular flexibility index (Phi) is 4.91. The van der Waals surface area contributed by atoms with E-state index in [-0.39, 0.29) is 6.03 Å². The van der Waals surface area contributed by atoms with E-state index in [4.69, 9.17) is 0 Å². The zero-order valence-electron chi connectivity index (χ0n) is 13.5. The highest BCUT2D eigenvalue weighted by molar-refractivity contribution is 6.02. The Balaban J connectivity index is 1.62. The summed E-state index contributed by atoms with van der Waals surface area (Å²) in [6, 6.07) is 14.5. The Morgan fingerprint density at radius 1 is 1.04 bits per heavy atom. The first kappa shape index (κ1) is 15.5. The van der Waals surface area contributed by atoms with Crippen LogP contribution in [-0.4, -0.2) is 17.8 Å². The van der Waals surface area contributed by atoms with Gasteiger partial charge in [0.05, 0.1) is 5.71 Å². The molecule has 0 spiro atoms. The van der Waals surface area contributed by atoms with Gasteiger partial charge in [0.15, 0.2) is 0 Å². The minimum absolute atomic E-state index is 0.211. The van der Waals surface area contributed by atoms with E-state index < -0.39 is 0 Å². The van der Waals surface area contributed by atoms with E-state index in [2.05, 4.69) is 40.1 Å². The lowest BCUT2D eigenvalue weighted by molar-refractivity contribution is 0.233. The van der Waals surface area contributed by atoms with E-state index in [9.17, 15) is 4.79 Å². The lowest BCUT2D eigenvalue weighted by Gasteiger charge is -2.22. The fourth-order valence-electron chi connectivity index (χ4n) is 3.08. The lowest BCUT2D eigenvalue weighted by atomic mass is 9.96.